The van der Waals surface area contributed by atoms with E-state index in [-0.39, 0.29) is 42.9 Å². The molecule has 4 aromatic rings. The smallest absolute Gasteiger partial charge is 0.416 e. The summed E-state index contributed by atoms with van der Waals surface area (Å²) >= 11 is 1.25. The van der Waals surface area contributed by atoms with Crippen LogP contribution in [-0.2, 0) is 11.0 Å². The zero-order chi connectivity index (χ0) is 28.4. The average Bonchev–Trinajstić information content (AvgIpc) is 3.61. The first-order chi connectivity index (χ1) is 19.1. The van der Waals surface area contributed by atoms with Gasteiger partial charge in [-0.15, -0.1) is 10.2 Å². The van der Waals surface area contributed by atoms with Crippen LogP contribution in [0.3, 0.4) is 0 Å². The molecule has 2 aromatic carbocycles. The number of thioether (sulfide) groups is 1. The number of carbonyl (C=O) groups excluding carboxylic acids is 2. The summed E-state index contributed by atoms with van der Waals surface area (Å²) in [6, 6.07) is 15.4. The van der Waals surface area contributed by atoms with Gasteiger partial charge in [-0.05, 0) is 61.9 Å². The maximum absolute atomic E-state index is 13.2. The molecule has 0 N–H and O–H groups in total. The van der Waals surface area contributed by atoms with Gasteiger partial charge < -0.3 is 14.2 Å². The van der Waals surface area contributed by atoms with E-state index in [1.54, 1.807) is 30.2 Å². The van der Waals surface area contributed by atoms with Crippen molar-refractivity contribution in [1.82, 2.24) is 24.6 Å². The second kappa shape index (κ2) is 11.2. The summed E-state index contributed by atoms with van der Waals surface area (Å²) in [6.45, 7) is 4.52. The fourth-order valence-corrected chi connectivity index (χ4v) is 5.48. The number of furan rings is 1. The molecule has 12 heteroatoms. The lowest BCUT2D eigenvalue weighted by atomic mass is 10.1. The Balaban J connectivity index is 1.26. The number of hydrogen-bond acceptors (Lipinski definition) is 6. The molecule has 1 atom stereocenters. The third-order valence-corrected chi connectivity index (χ3v) is 7.55. The van der Waals surface area contributed by atoms with Crippen LogP contribution in [0.2, 0.25) is 0 Å². The summed E-state index contributed by atoms with van der Waals surface area (Å²) in [5.74, 6) is 0.526. The molecule has 208 valence electrons. The van der Waals surface area contributed by atoms with E-state index >= 15 is 0 Å². The third-order valence-electron chi connectivity index (χ3n) is 6.64. The molecule has 2 amide bonds. The Morgan fingerprint density at radius 3 is 2.55 bits per heavy atom. The minimum atomic E-state index is -4.53. The molecule has 5 rings (SSSR count). The summed E-state index contributed by atoms with van der Waals surface area (Å²) in [7, 11) is 0. The SMILES string of the molecule is Cc1cccc(-n2c(SCC(=O)N3CCN(C(=O)c4cccc(C(F)(F)F)c4)C(C)C3)nnc2-c2ccco2)c1. The normalized spacial score (nSPS) is 15.9. The summed E-state index contributed by atoms with van der Waals surface area (Å²) in [4.78, 5) is 29.3. The highest BCUT2D eigenvalue weighted by Crippen LogP contribution is 2.31. The summed E-state index contributed by atoms with van der Waals surface area (Å²) < 4.78 is 46.7. The Morgan fingerprint density at radius 1 is 1.05 bits per heavy atom. The van der Waals surface area contributed by atoms with Crippen LogP contribution >= 0.6 is 11.8 Å². The minimum absolute atomic E-state index is 0.0279. The molecule has 1 aliphatic heterocycles. The van der Waals surface area contributed by atoms with E-state index in [1.165, 1.54) is 28.8 Å². The monoisotopic (exact) mass is 569 g/mol. The topological polar surface area (TPSA) is 84.5 Å². The number of rotatable bonds is 6. The molecule has 0 radical (unpaired) electrons. The highest BCUT2D eigenvalue weighted by atomic mass is 32.2. The first-order valence-electron chi connectivity index (χ1n) is 12.6. The first-order valence-corrected chi connectivity index (χ1v) is 13.6. The molecule has 40 heavy (non-hydrogen) atoms. The minimum Gasteiger partial charge on any atom is -0.461 e. The second-order valence-corrected chi connectivity index (χ2v) is 10.5. The number of benzene rings is 2. The van der Waals surface area contributed by atoms with Crippen LogP contribution in [0.15, 0.2) is 76.5 Å². The van der Waals surface area contributed by atoms with Crippen LogP contribution < -0.4 is 0 Å². The number of piperazine rings is 1. The van der Waals surface area contributed by atoms with E-state index in [2.05, 4.69) is 10.2 Å². The molecule has 0 saturated carbocycles. The Bertz CT molecular complexity index is 1520. The number of nitrogens with zero attached hydrogens (tertiary/aromatic N) is 5. The number of carbonyl (C=O) groups is 2. The van der Waals surface area contributed by atoms with Crippen molar-refractivity contribution < 1.29 is 27.2 Å². The van der Waals surface area contributed by atoms with E-state index in [0.29, 0.717) is 16.7 Å². The van der Waals surface area contributed by atoms with Crippen molar-refractivity contribution in [2.45, 2.75) is 31.2 Å². The van der Waals surface area contributed by atoms with Gasteiger partial charge >= 0.3 is 6.18 Å². The van der Waals surface area contributed by atoms with Gasteiger partial charge in [0.05, 0.1) is 23.3 Å². The second-order valence-electron chi connectivity index (χ2n) is 9.51. The highest BCUT2D eigenvalue weighted by molar-refractivity contribution is 7.99. The van der Waals surface area contributed by atoms with Crippen molar-refractivity contribution in [3.05, 3.63) is 83.6 Å². The maximum atomic E-state index is 13.2. The highest BCUT2D eigenvalue weighted by Gasteiger charge is 2.34. The fourth-order valence-electron chi connectivity index (χ4n) is 4.63. The van der Waals surface area contributed by atoms with Crippen molar-refractivity contribution in [1.29, 1.82) is 0 Å². The Kier molecular flexibility index (Phi) is 7.70. The van der Waals surface area contributed by atoms with Crippen molar-refractivity contribution >= 4 is 23.6 Å². The Labute approximate surface area is 232 Å². The van der Waals surface area contributed by atoms with Crippen LogP contribution in [0.4, 0.5) is 13.2 Å². The molecular weight excluding hydrogens is 543 g/mol. The van der Waals surface area contributed by atoms with Crippen molar-refractivity contribution in [2.75, 3.05) is 25.4 Å². The standard InChI is InChI=1S/C28H26F3N5O3S/c1-18-6-3-9-22(14-18)36-25(23-10-5-13-39-23)32-33-27(36)40-17-24(37)34-11-12-35(19(2)16-34)26(38)20-7-4-8-21(15-20)28(29,30)31/h3-10,13-15,19H,11-12,16-17H2,1-2H3. The number of hydrogen-bond donors (Lipinski definition) is 0. The van der Waals surface area contributed by atoms with Crippen molar-refractivity contribution in [3.8, 4) is 17.3 Å². The number of alkyl halides is 3. The third kappa shape index (κ3) is 5.76. The van der Waals surface area contributed by atoms with E-state index in [9.17, 15) is 22.8 Å². The van der Waals surface area contributed by atoms with E-state index in [4.69, 9.17) is 4.42 Å². The Morgan fingerprint density at radius 2 is 1.85 bits per heavy atom. The summed E-state index contributed by atoms with van der Waals surface area (Å²) in [5, 5.41) is 9.15. The van der Waals surface area contributed by atoms with Crippen LogP contribution in [0.5, 0.6) is 0 Å². The summed E-state index contributed by atoms with van der Waals surface area (Å²) in [5.41, 5.74) is 0.988. The van der Waals surface area contributed by atoms with E-state index in [0.717, 1.165) is 23.4 Å². The van der Waals surface area contributed by atoms with E-state index < -0.39 is 17.6 Å². The number of halogens is 3. The largest absolute Gasteiger partial charge is 0.461 e. The van der Waals surface area contributed by atoms with Gasteiger partial charge in [0.1, 0.15) is 0 Å². The number of amides is 2. The van der Waals surface area contributed by atoms with Gasteiger partial charge in [-0.1, -0.05) is 30.0 Å². The predicted molar refractivity (Wildman–Crippen MR) is 143 cm³/mol. The lowest BCUT2D eigenvalue weighted by Crippen LogP contribution is -2.55. The molecule has 1 fully saturated rings. The quantitative estimate of drug-likeness (QED) is 0.292. The molecule has 3 heterocycles. The molecule has 8 nitrogen and oxygen atoms in total. The van der Waals surface area contributed by atoms with Crippen LogP contribution in [0.1, 0.15) is 28.4 Å². The summed E-state index contributed by atoms with van der Waals surface area (Å²) in [6.07, 6.45) is -2.98. The van der Waals surface area contributed by atoms with Gasteiger partial charge in [-0.2, -0.15) is 13.2 Å². The van der Waals surface area contributed by atoms with Crippen molar-refractivity contribution in [2.24, 2.45) is 0 Å². The maximum Gasteiger partial charge on any atom is 0.416 e. The number of aromatic nitrogens is 3. The van der Waals surface area contributed by atoms with Gasteiger partial charge in [-0.25, -0.2) is 0 Å². The number of aryl methyl sites for hydroxylation is 1. The van der Waals surface area contributed by atoms with Crippen LogP contribution in [0.25, 0.3) is 17.3 Å². The molecule has 1 saturated heterocycles. The lowest BCUT2D eigenvalue weighted by molar-refractivity contribution is -0.137. The van der Waals surface area contributed by atoms with E-state index in [1.807, 2.05) is 35.8 Å². The average molecular weight is 570 g/mol. The van der Waals surface area contributed by atoms with Crippen LogP contribution in [-0.4, -0.2) is 67.8 Å². The van der Waals surface area contributed by atoms with Crippen LogP contribution in [0, 0.1) is 6.92 Å². The van der Waals surface area contributed by atoms with Gasteiger partial charge in [0.25, 0.3) is 5.91 Å². The molecule has 0 aliphatic carbocycles. The predicted octanol–water partition coefficient (Wildman–Crippen LogP) is 5.32. The Hall–Kier alpha value is -4.06. The van der Waals surface area contributed by atoms with Crippen molar-refractivity contribution in [3.63, 3.8) is 0 Å². The van der Waals surface area contributed by atoms with Gasteiger partial charge in [-0.3, -0.25) is 14.2 Å². The molecule has 2 aromatic heterocycles. The zero-order valence-corrected chi connectivity index (χ0v) is 22.6. The van der Waals surface area contributed by atoms with Gasteiger partial charge in [0.15, 0.2) is 10.9 Å². The fraction of sp³-hybridized carbons (Fsp3) is 0.286. The molecule has 1 unspecified atom stereocenters. The molecule has 1 aliphatic rings. The molecule has 0 spiro atoms. The van der Waals surface area contributed by atoms with Gasteiger partial charge in [0, 0.05) is 31.2 Å². The molecule has 0 bridgehead atoms. The molecular formula is C28H26F3N5O3S. The van der Waals surface area contributed by atoms with Gasteiger partial charge in [0.2, 0.25) is 11.7 Å². The lowest BCUT2D eigenvalue weighted by Gasteiger charge is -2.40. The zero-order valence-electron chi connectivity index (χ0n) is 21.8. The first kappa shape index (κ1) is 27.5.